The van der Waals surface area contributed by atoms with Crippen molar-refractivity contribution in [3.63, 3.8) is 0 Å². The van der Waals surface area contributed by atoms with Gasteiger partial charge in [-0.1, -0.05) is 18.2 Å². The van der Waals surface area contributed by atoms with Gasteiger partial charge in [-0.25, -0.2) is 5.43 Å². The Kier molecular flexibility index (Phi) is 1.30. The fourth-order valence-electron chi connectivity index (χ4n) is 1.00. The number of hydrazine groups is 1. The molecule has 1 radical (unpaired) electrons. The molecule has 0 fully saturated rings. The molecule has 0 atom stereocenters. The normalized spacial score (nSPS) is 15.6. The van der Waals surface area contributed by atoms with E-state index >= 15 is 0 Å². The number of rotatable bonds is 0. The summed E-state index contributed by atoms with van der Waals surface area (Å²) in [6, 6.07) is 8.05. The molecule has 1 aromatic rings. The van der Waals surface area contributed by atoms with Crippen LogP contribution in [0.4, 0.5) is 5.69 Å². The molecule has 0 saturated carbocycles. The van der Waals surface area contributed by atoms with E-state index in [0.717, 1.165) is 12.2 Å². The number of fused-ring (bicyclic) bond motifs is 1. The van der Waals surface area contributed by atoms with Crippen molar-refractivity contribution in [2.24, 2.45) is 0 Å². The standard InChI is InChI=1S/C7H8N3/c1-2-4-7-6(3-1)5-8-10-9-7/h1-4,8,10H,5H2. The predicted molar refractivity (Wildman–Crippen MR) is 38.2 cm³/mol. The fraction of sp³-hybridized carbons (Fsp3) is 0.143. The summed E-state index contributed by atoms with van der Waals surface area (Å²) in [7, 11) is 0. The lowest BCUT2D eigenvalue weighted by Gasteiger charge is -2.16. The van der Waals surface area contributed by atoms with E-state index in [-0.39, 0.29) is 0 Å². The Labute approximate surface area is 59.4 Å². The maximum Gasteiger partial charge on any atom is 0.0834 e. The molecule has 0 spiro atoms. The van der Waals surface area contributed by atoms with Gasteiger partial charge in [-0.15, -0.1) is 5.53 Å². The van der Waals surface area contributed by atoms with Crippen LogP contribution in [0.25, 0.3) is 0 Å². The SMILES string of the molecule is c1ccc2c(c1)CNN[N]2. The molecular weight excluding hydrogens is 126 g/mol. The van der Waals surface area contributed by atoms with Gasteiger partial charge >= 0.3 is 0 Å². The molecule has 2 N–H and O–H groups in total. The molecule has 0 aliphatic carbocycles. The van der Waals surface area contributed by atoms with Crippen LogP contribution in [-0.4, -0.2) is 0 Å². The van der Waals surface area contributed by atoms with E-state index in [4.69, 9.17) is 0 Å². The Morgan fingerprint density at radius 1 is 1.30 bits per heavy atom. The summed E-state index contributed by atoms with van der Waals surface area (Å²) in [4.78, 5) is 0. The van der Waals surface area contributed by atoms with E-state index in [1.165, 1.54) is 5.56 Å². The van der Waals surface area contributed by atoms with Crippen LogP contribution >= 0.6 is 0 Å². The first-order valence-electron chi connectivity index (χ1n) is 3.23. The molecule has 0 aromatic heterocycles. The molecule has 0 bridgehead atoms. The first-order chi connectivity index (χ1) is 4.97. The molecule has 3 nitrogen and oxygen atoms in total. The van der Waals surface area contributed by atoms with Crippen LogP contribution in [0.1, 0.15) is 5.56 Å². The molecule has 1 aliphatic heterocycles. The third-order valence-electron chi connectivity index (χ3n) is 1.53. The summed E-state index contributed by atoms with van der Waals surface area (Å²) < 4.78 is 0. The first kappa shape index (κ1) is 5.70. The molecule has 2 rings (SSSR count). The lowest BCUT2D eigenvalue weighted by atomic mass is 10.2. The third-order valence-corrected chi connectivity index (χ3v) is 1.53. The Balaban J connectivity index is 2.41. The highest BCUT2D eigenvalue weighted by molar-refractivity contribution is 5.44. The summed E-state index contributed by atoms with van der Waals surface area (Å²) >= 11 is 0. The number of hydrogen-bond donors (Lipinski definition) is 2. The Hall–Kier alpha value is -1.06. The molecule has 3 heteroatoms. The highest BCUT2D eigenvalue weighted by Gasteiger charge is 2.05. The Morgan fingerprint density at radius 3 is 3.10 bits per heavy atom. The first-order valence-corrected chi connectivity index (χ1v) is 3.23. The second-order valence-electron chi connectivity index (χ2n) is 2.21. The average molecular weight is 134 g/mol. The van der Waals surface area contributed by atoms with Gasteiger partial charge in [-0.3, -0.25) is 0 Å². The number of nitrogens with zero attached hydrogens (tertiary/aromatic N) is 1. The van der Waals surface area contributed by atoms with E-state index in [2.05, 4.69) is 22.5 Å². The number of nitrogens with one attached hydrogen (secondary N) is 2. The van der Waals surface area contributed by atoms with Crippen LogP contribution in [0.15, 0.2) is 24.3 Å². The van der Waals surface area contributed by atoms with Crippen molar-refractivity contribution < 1.29 is 0 Å². The molecule has 0 unspecified atom stereocenters. The number of hydrogen-bond acceptors (Lipinski definition) is 2. The minimum atomic E-state index is 0.847. The van der Waals surface area contributed by atoms with Gasteiger partial charge in [0.2, 0.25) is 0 Å². The lowest BCUT2D eigenvalue weighted by Crippen LogP contribution is -2.39. The van der Waals surface area contributed by atoms with Crippen molar-refractivity contribution in [3.05, 3.63) is 29.8 Å². The summed E-state index contributed by atoms with van der Waals surface area (Å²) in [5.74, 6) is 0. The molecule has 1 aliphatic rings. The van der Waals surface area contributed by atoms with Crippen molar-refractivity contribution in [3.8, 4) is 0 Å². The van der Waals surface area contributed by atoms with Crippen molar-refractivity contribution in [1.29, 1.82) is 0 Å². The predicted octanol–water partition coefficient (Wildman–Crippen LogP) is 0.445. The maximum absolute atomic E-state index is 4.03. The van der Waals surface area contributed by atoms with Gasteiger partial charge < -0.3 is 0 Å². The molecule has 1 aromatic carbocycles. The minimum absolute atomic E-state index is 0.847. The molecule has 0 saturated heterocycles. The van der Waals surface area contributed by atoms with Crippen molar-refractivity contribution >= 4 is 5.69 Å². The highest BCUT2D eigenvalue weighted by Crippen LogP contribution is 2.14. The van der Waals surface area contributed by atoms with E-state index in [0.29, 0.717) is 0 Å². The average Bonchev–Trinajstić information content (AvgIpc) is 2.05. The topological polar surface area (TPSA) is 38.2 Å². The van der Waals surface area contributed by atoms with Crippen LogP contribution < -0.4 is 16.4 Å². The number of benzene rings is 1. The van der Waals surface area contributed by atoms with E-state index in [1.807, 2.05) is 18.2 Å². The monoisotopic (exact) mass is 134 g/mol. The summed E-state index contributed by atoms with van der Waals surface area (Å²) in [6.45, 7) is 0.847. The number of para-hydroxylation sites is 1. The summed E-state index contributed by atoms with van der Waals surface area (Å²) in [5.41, 5.74) is 11.9. The molecular formula is C7H8N3. The highest BCUT2D eigenvalue weighted by atomic mass is 15.6. The zero-order valence-corrected chi connectivity index (χ0v) is 5.46. The summed E-state index contributed by atoms with van der Waals surface area (Å²) in [5, 5.41) is 0. The van der Waals surface area contributed by atoms with E-state index < -0.39 is 0 Å². The zero-order chi connectivity index (χ0) is 6.81. The van der Waals surface area contributed by atoms with Gasteiger partial charge in [-0.05, 0) is 11.6 Å². The fourth-order valence-corrected chi connectivity index (χ4v) is 1.00. The van der Waals surface area contributed by atoms with Gasteiger partial charge in [0.05, 0.1) is 5.69 Å². The molecule has 10 heavy (non-hydrogen) atoms. The van der Waals surface area contributed by atoms with Gasteiger partial charge in [0, 0.05) is 6.54 Å². The second-order valence-corrected chi connectivity index (χ2v) is 2.21. The Bertz CT molecular complexity index is 209. The van der Waals surface area contributed by atoms with Crippen molar-refractivity contribution in [2.75, 3.05) is 0 Å². The van der Waals surface area contributed by atoms with E-state index in [1.54, 1.807) is 0 Å². The van der Waals surface area contributed by atoms with Crippen molar-refractivity contribution in [1.82, 2.24) is 16.4 Å². The van der Waals surface area contributed by atoms with Crippen LogP contribution in [0.2, 0.25) is 0 Å². The molecule has 1 heterocycles. The van der Waals surface area contributed by atoms with Crippen LogP contribution in [0.5, 0.6) is 0 Å². The lowest BCUT2D eigenvalue weighted by molar-refractivity contribution is 0.456. The van der Waals surface area contributed by atoms with E-state index in [9.17, 15) is 0 Å². The third kappa shape index (κ3) is 0.853. The largest absolute Gasteiger partial charge is 0.234 e. The molecule has 0 amide bonds. The van der Waals surface area contributed by atoms with Crippen LogP contribution in [0.3, 0.4) is 0 Å². The van der Waals surface area contributed by atoms with Gasteiger partial charge in [0.1, 0.15) is 0 Å². The minimum Gasteiger partial charge on any atom is -0.234 e. The van der Waals surface area contributed by atoms with Crippen LogP contribution in [-0.2, 0) is 6.54 Å². The zero-order valence-electron chi connectivity index (χ0n) is 5.46. The van der Waals surface area contributed by atoms with Gasteiger partial charge in [0.15, 0.2) is 0 Å². The quantitative estimate of drug-likeness (QED) is 0.540. The smallest absolute Gasteiger partial charge is 0.0834 e. The van der Waals surface area contributed by atoms with Crippen LogP contribution in [0, 0.1) is 0 Å². The second kappa shape index (κ2) is 2.28. The van der Waals surface area contributed by atoms with Gasteiger partial charge in [0.25, 0.3) is 0 Å². The molecule has 51 valence electrons. The van der Waals surface area contributed by atoms with Crippen molar-refractivity contribution in [2.45, 2.75) is 6.54 Å². The Morgan fingerprint density at radius 2 is 2.20 bits per heavy atom. The van der Waals surface area contributed by atoms with Gasteiger partial charge in [-0.2, -0.15) is 5.43 Å². The maximum atomic E-state index is 4.03. The summed E-state index contributed by atoms with van der Waals surface area (Å²) in [6.07, 6.45) is 0.